The van der Waals surface area contributed by atoms with Crippen molar-refractivity contribution in [1.82, 2.24) is 15.5 Å². The molecule has 1 fully saturated rings. The van der Waals surface area contributed by atoms with E-state index in [1.54, 1.807) is 6.92 Å². The summed E-state index contributed by atoms with van der Waals surface area (Å²) in [5.74, 6) is 0.339. The van der Waals surface area contributed by atoms with Crippen LogP contribution in [-0.4, -0.2) is 56.2 Å². The SMILES string of the molecule is CCOC(=O)NC(=O)CN(CC)CC1CCNCC1. The molecule has 0 aromatic carbocycles. The Labute approximate surface area is 114 Å². The molecular formula is C13H25N3O3. The number of rotatable bonds is 6. The average molecular weight is 271 g/mol. The Morgan fingerprint density at radius 3 is 2.58 bits per heavy atom. The number of amides is 2. The van der Waals surface area contributed by atoms with Crippen molar-refractivity contribution in [3.05, 3.63) is 0 Å². The molecule has 110 valence electrons. The third-order valence-electron chi connectivity index (χ3n) is 3.31. The second-order valence-electron chi connectivity index (χ2n) is 4.79. The molecule has 0 saturated carbocycles. The second-order valence-corrected chi connectivity index (χ2v) is 4.79. The van der Waals surface area contributed by atoms with Gasteiger partial charge in [0.2, 0.25) is 5.91 Å². The zero-order valence-electron chi connectivity index (χ0n) is 11.9. The van der Waals surface area contributed by atoms with Crippen LogP contribution in [0.25, 0.3) is 0 Å². The van der Waals surface area contributed by atoms with E-state index >= 15 is 0 Å². The van der Waals surface area contributed by atoms with E-state index in [2.05, 4.69) is 20.3 Å². The topological polar surface area (TPSA) is 70.7 Å². The van der Waals surface area contributed by atoms with E-state index in [0.717, 1.165) is 39.0 Å². The predicted molar refractivity (Wildman–Crippen MR) is 72.9 cm³/mol. The molecular weight excluding hydrogens is 246 g/mol. The highest BCUT2D eigenvalue weighted by Gasteiger charge is 2.18. The third-order valence-corrected chi connectivity index (χ3v) is 3.31. The Balaban J connectivity index is 2.30. The van der Waals surface area contributed by atoms with E-state index in [1.807, 2.05) is 6.92 Å². The highest BCUT2D eigenvalue weighted by Crippen LogP contribution is 2.13. The van der Waals surface area contributed by atoms with Gasteiger partial charge in [-0.3, -0.25) is 15.0 Å². The number of likely N-dealkylation sites (N-methyl/N-ethyl adjacent to an activating group) is 1. The molecule has 2 amide bonds. The van der Waals surface area contributed by atoms with Gasteiger partial charge in [0.1, 0.15) is 0 Å². The summed E-state index contributed by atoms with van der Waals surface area (Å²) < 4.78 is 4.68. The van der Waals surface area contributed by atoms with Crippen molar-refractivity contribution in [1.29, 1.82) is 0 Å². The molecule has 19 heavy (non-hydrogen) atoms. The first-order valence-electron chi connectivity index (χ1n) is 7.05. The maximum Gasteiger partial charge on any atom is 0.413 e. The summed E-state index contributed by atoms with van der Waals surface area (Å²) in [7, 11) is 0. The van der Waals surface area contributed by atoms with Crippen molar-refractivity contribution >= 4 is 12.0 Å². The van der Waals surface area contributed by atoms with E-state index in [9.17, 15) is 9.59 Å². The number of hydrogen-bond acceptors (Lipinski definition) is 5. The molecule has 1 aliphatic rings. The fourth-order valence-electron chi connectivity index (χ4n) is 2.26. The molecule has 0 bridgehead atoms. The minimum absolute atomic E-state index is 0.249. The number of ether oxygens (including phenoxy) is 1. The summed E-state index contributed by atoms with van der Waals surface area (Å²) in [4.78, 5) is 24.9. The van der Waals surface area contributed by atoms with Crippen LogP contribution in [0.3, 0.4) is 0 Å². The van der Waals surface area contributed by atoms with Crippen molar-refractivity contribution in [2.24, 2.45) is 5.92 Å². The van der Waals surface area contributed by atoms with Crippen LogP contribution in [0, 0.1) is 5.92 Å². The number of nitrogens with zero attached hydrogens (tertiary/aromatic N) is 1. The standard InChI is InChI=1S/C13H25N3O3/c1-3-16(9-11-5-7-14-8-6-11)10-12(17)15-13(18)19-4-2/h11,14H,3-10H2,1-2H3,(H,15,17,18). The van der Waals surface area contributed by atoms with E-state index in [0.29, 0.717) is 5.92 Å². The van der Waals surface area contributed by atoms with Gasteiger partial charge in [-0.25, -0.2) is 4.79 Å². The third kappa shape index (κ3) is 6.54. The number of piperidine rings is 1. The van der Waals surface area contributed by atoms with Gasteiger partial charge in [0.25, 0.3) is 0 Å². The zero-order valence-corrected chi connectivity index (χ0v) is 11.9. The monoisotopic (exact) mass is 271 g/mol. The van der Waals surface area contributed by atoms with Gasteiger partial charge in [0.15, 0.2) is 0 Å². The zero-order chi connectivity index (χ0) is 14.1. The van der Waals surface area contributed by atoms with Crippen LogP contribution in [0.15, 0.2) is 0 Å². The molecule has 2 N–H and O–H groups in total. The first kappa shape index (κ1) is 15.9. The largest absolute Gasteiger partial charge is 0.450 e. The summed E-state index contributed by atoms with van der Waals surface area (Å²) in [6.07, 6.45) is 1.64. The smallest absolute Gasteiger partial charge is 0.413 e. The van der Waals surface area contributed by atoms with Crippen molar-refractivity contribution < 1.29 is 14.3 Å². The summed E-state index contributed by atoms with van der Waals surface area (Å²) in [6.45, 7) is 8.08. The minimum atomic E-state index is -0.662. The molecule has 6 heteroatoms. The minimum Gasteiger partial charge on any atom is -0.450 e. The Bertz CT molecular complexity index is 291. The lowest BCUT2D eigenvalue weighted by Gasteiger charge is -2.28. The summed E-state index contributed by atoms with van der Waals surface area (Å²) in [5, 5.41) is 5.56. The number of alkyl carbamates (subject to hydrolysis) is 1. The Morgan fingerprint density at radius 2 is 2.00 bits per heavy atom. The maximum absolute atomic E-state index is 11.7. The van der Waals surface area contributed by atoms with Gasteiger partial charge in [-0.15, -0.1) is 0 Å². The Hall–Kier alpha value is -1.14. The quantitative estimate of drug-likeness (QED) is 0.739. The van der Waals surface area contributed by atoms with Gasteiger partial charge in [0.05, 0.1) is 13.2 Å². The molecule has 1 saturated heterocycles. The molecule has 0 spiro atoms. The van der Waals surface area contributed by atoms with Crippen molar-refractivity contribution in [3.63, 3.8) is 0 Å². The van der Waals surface area contributed by atoms with Crippen LogP contribution in [0.5, 0.6) is 0 Å². The lowest BCUT2D eigenvalue weighted by molar-refractivity contribution is -0.121. The highest BCUT2D eigenvalue weighted by molar-refractivity contribution is 5.92. The summed E-state index contributed by atoms with van der Waals surface area (Å²) in [6, 6.07) is 0. The van der Waals surface area contributed by atoms with Gasteiger partial charge in [0, 0.05) is 6.54 Å². The Morgan fingerprint density at radius 1 is 1.32 bits per heavy atom. The highest BCUT2D eigenvalue weighted by atomic mass is 16.5. The lowest BCUT2D eigenvalue weighted by atomic mass is 9.97. The molecule has 6 nitrogen and oxygen atoms in total. The van der Waals surface area contributed by atoms with Crippen molar-refractivity contribution in [2.45, 2.75) is 26.7 Å². The molecule has 0 atom stereocenters. The van der Waals surface area contributed by atoms with Crippen LogP contribution in [0.2, 0.25) is 0 Å². The summed E-state index contributed by atoms with van der Waals surface area (Å²) in [5.41, 5.74) is 0. The van der Waals surface area contributed by atoms with Crippen LogP contribution in [-0.2, 0) is 9.53 Å². The normalized spacial score (nSPS) is 16.4. The van der Waals surface area contributed by atoms with Crippen LogP contribution in [0.4, 0.5) is 4.79 Å². The number of carbonyl (C=O) groups excluding carboxylic acids is 2. The van der Waals surface area contributed by atoms with Gasteiger partial charge in [-0.2, -0.15) is 0 Å². The molecule has 0 aromatic rings. The molecule has 0 aromatic heterocycles. The fraction of sp³-hybridized carbons (Fsp3) is 0.846. The van der Waals surface area contributed by atoms with Gasteiger partial charge < -0.3 is 10.1 Å². The fourth-order valence-corrected chi connectivity index (χ4v) is 2.26. The molecule has 1 rings (SSSR count). The van der Waals surface area contributed by atoms with E-state index in [-0.39, 0.29) is 19.1 Å². The van der Waals surface area contributed by atoms with E-state index < -0.39 is 6.09 Å². The molecule has 0 aliphatic carbocycles. The van der Waals surface area contributed by atoms with E-state index in [4.69, 9.17) is 0 Å². The summed E-state index contributed by atoms with van der Waals surface area (Å²) >= 11 is 0. The van der Waals surface area contributed by atoms with Crippen LogP contribution in [0.1, 0.15) is 26.7 Å². The van der Waals surface area contributed by atoms with Crippen LogP contribution < -0.4 is 10.6 Å². The molecule has 1 heterocycles. The molecule has 1 aliphatic heterocycles. The number of imide groups is 1. The van der Waals surface area contributed by atoms with Gasteiger partial charge in [-0.1, -0.05) is 6.92 Å². The maximum atomic E-state index is 11.7. The van der Waals surface area contributed by atoms with Gasteiger partial charge in [-0.05, 0) is 45.3 Å². The predicted octanol–water partition coefficient (Wildman–Crippen LogP) is 0.581. The van der Waals surface area contributed by atoms with Crippen molar-refractivity contribution in [2.75, 3.05) is 39.3 Å². The number of carbonyl (C=O) groups is 2. The molecule has 0 unspecified atom stereocenters. The van der Waals surface area contributed by atoms with Gasteiger partial charge >= 0.3 is 6.09 Å². The number of nitrogens with one attached hydrogen (secondary N) is 2. The molecule has 0 radical (unpaired) electrons. The Kier molecular flexibility index (Phi) is 7.43. The average Bonchev–Trinajstić information content (AvgIpc) is 2.39. The first-order valence-corrected chi connectivity index (χ1v) is 7.05. The van der Waals surface area contributed by atoms with Crippen LogP contribution >= 0.6 is 0 Å². The lowest BCUT2D eigenvalue weighted by Crippen LogP contribution is -2.43. The number of hydrogen-bond donors (Lipinski definition) is 2. The van der Waals surface area contributed by atoms with Crippen molar-refractivity contribution in [3.8, 4) is 0 Å². The first-order chi connectivity index (χ1) is 9.15. The second kappa shape index (κ2) is 8.87. The van der Waals surface area contributed by atoms with E-state index in [1.165, 1.54) is 0 Å².